The molecule has 0 aliphatic rings. The first kappa shape index (κ1) is 15.2. The van der Waals surface area contributed by atoms with Crippen LogP contribution in [0.4, 0.5) is 0 Å². The maximum atomic E-state index is 10.1. The monoisotopic (exact) mass is 288 g/mol. The Balaban J connectivity index is 1.97. The van der Waals surface area contributed by atoms with Gasteiger partial charge in [0.05, 0.1) is 26.9 Å². The number of methoxy groups -OCH3 is 2. The lowest BCUT2D eigenvalue weighted by atomic mass is 10.1. The summed E-state index contributed by atoms with van der Waals surface area (Å²) in [5.41, 5.74) is 0.882. The van der Waals surface area contributed by atoms with Gasteiger partial charge in [-0.15, -0.1) is 0 Å². The van der Waals surface area contributed by atoms with E-state index in [9.17, 15) is 5.11 Å². The molecule has 1 atom stereocenters. The molecule has 0 bridgehead atoms. The standard InChI is InChI=1S/C17H20O4/c1-19-15-9-6-10-16(20-2)17(15)21-12-11-14(18)13-7-4-3-5-8-13/h3-10,14,18H,11-12H2,1-2H3. The fraction of sp³-hybridized carbons (Fsp3) is 0.294. The van der Waals surface area contributed by atoms with E-state index in [1.807, 2.05) is 48.5 Å². The zero-order chi connectivity index (χ0) is 15.1. The molecule has 0 spiro atoms. The second kappa shape index (κ2) is 7.55. The third kappa shape index (κ3) is 3.89. The highest BCUT2D eigenvalue weighted by molar-refractivity contribution is 5.51. The molecule has 0 aromatic heterocycles. The van der Waals surface area contributed by atoms with Crippen molar-refractivity contribution in [2.75, 3.05) is 20.8 Å². The van der Waals surface area contributed by atoms with Crippen LogP contribution in [0.3, 0.4) is 0 Å². The van der Waals surface area contributed by atoms with Crippen LogP contribution in [-0.4, -0.2) is 25.9 Å². The van der Waals surface area contributed by atoms with Crippen molar-refractivity contribution in [3.8, 4) is 17.2 Å². The molecular formula is C17H20O4. The highest BCUT2D eigenvalue weighted by atomic mass is 16.5. The van der Waals surface area contributed by atoms with Crippen molar-refractivity contribution in [1.29, 1.82) is 0 Å². The van der Waals surface area contributed by atoms with E-state index in [-0.39, 0.29) is 0 Å². The number of para-hydroxylation sites is 1. The summed E-state index contributed by atoms with van der Waals surface area (Å²) in [5, 5.41) is 10.1. The Kier molecular flexibility index (Phi) is 5.46. The van der Waals surface area contributed by atoms with Crippen molar-refractivity contribution < 1.29 is 19.3 Å². The van der Waals surface area contributed by atoms with Crippen LogP contribution in [0.5, 0.6) is 17.2 Å². The van der Waals surface area contributed by atoms with E-state index in [0.717, 1.165) is 5.56 Å². The normalized spacial score (nSPS) is 11.8. The first-order valence-electron chi connectivity index (χ1n) is 6.83. The fourth-order valence-electron chi connectivity index (χ4n) is 2.07. The maximum absolute atomic E-state index is 10.1. The number of aliphatic hydroxyl groups is 1. The average molecular weight is 288 g/mol. The molecule has 0 aliphatic carbocycles. The Labute approximate surface area is 124 Å². The third-order valence-corrected chi connectivity index (χ3v) is 3.20. The molecule has 112 valence electrons. The lowest BCUT2D eigenvalue weighted by Gasteiger charge is -2.15. The lowest BCUT2D eigenvalue weighted by molar-refractivity contribution is 0.138. The maximum Gasteiger partial charge on any atom is 0.203 e. The molecule has 0 radical (unpaired) electrons. The number of aliphatic hydroxyl groups excluding tert-OH is 1. The van der Waals surface area contributed by atoms with E-state index in [0.29, 0.717) is 30.3 Å². The van der Waals surface area contributed by atoms with Gasteiger partial charge in [0.15, 0.2) is 11.5 Å². The van der Waals surface area contributed by atoms with E-state index >= 15 is 0 Å². The Morgan fingerprint density at radius 3 is 2.10 bits per heavy atom. The smallest absolute Gasteiger partial charge is 0.203 e. The van der Waals surface area contributed by atoms with E-state index in [1.165, 1.54) is 0 Å². The summed E-state index contributed by atoms with van der Waals surface area (Å²) < 4.78 is 16.3. The van der Waals surface area contributed by atoms with Crippen LogP contribution in [0.1, 0.15) is 18.1 Å². The largest absolute Gasteiger partial charge is 0.493 e. The molecule has 0 saturated heterocycles. The molecule has 2 aromatic rings. The Morgan fingerprint density at radius 1 is 0.905 bits per heavy atom. The summed E-state index contributed by atoms with van der Waals surface area (Å²) in [6.45, 7) is 0.368. The Morgan fingerprint density at radius 2 is 1.52 bits per heavy atom. The highest BCUT2D eigenvalue weighted by Crippen LogP contribution is 2.37. The molecule has 0 aliphatic heterocycles. The molecule has 4 heteroatoms. The minimum Gasteiger partial charge on any atom is -0.493 e. The third-order valence-electron chi connectivity index (χ3n) is 3.20. The minimum atomic E-state index is -0.549. The van der Waals surface area contributed by atoms with Crippen LogP contribution in [0.15, 0.2) is 48.5 Å². The average Bonchev–Trinajstić information content (AvgIpc) is 2.55. The van der Waals surface area contributed by atoms with Gasteiger partial charge in [0.25, 0.3) is 0 Å². The number of hydrogen-bond acceptors (Lipinski definition) is 4. The van der Waals surface area contributed by atoms with Crippen molar-refractivity contribution in [3.05, 3.63) is 54.1 Å². The van der Waals surface area contributed by atoms with Gasteiger partial charge in [-0.2, -0.15) is 0 Å². The number of rotatable bonds is 7. The van der Waals surface area contributed by atoms with Crippen molar-refractivity contribution >= 4 is 0 Å². The van der Waals surface area contributed by atoms with Crippen LogP contribution in [-0.2, 0) is 0 Å². The first-order valence-corrected chi connectivity index (χ1v) is 6.83. The van der Waals surface area contributed by atoms with Gasteiger partial charge >= 0.3 is 0 Å². The van der Waals surface area contributed by atoms with Crippen LogP contribution in [0.25, 0.3) is 0 Å². The Hall–Kier alpha value is -2.20. The van der Waals surface area contributed by atoms with Crippen LogP contribution < -0.4 is 14.2 Å². The van der Waals surface area contributed by atoms with Crippen molar-refractivity contribution in [1.82, 2.24) is 0 Å². The van der Waals surface area contributed by atoms with Gasteiger partial charge in [0, 0.05) is 6.42 Å². The summed E-state index contributed by atoms with van der Waals surface area (Å²) in [4.78, 5) is 0. The topological polar surface area (TPSA) is 47.9 Å². The molecule has 0 saturated carbocycles. The van der Waals surface area contributed by atoms with Crippen LogP contribution in [0.2, 0.25) is 0 Å². The predicted octanol–water partition coefficient (Wildman–Crippen LogP) is 3.21. The van der Waals surface area contributed by atoms with Gasteiger partial charge < -0.3 is 19.3 Å². The van der Waals surface area contributed by atoms with E-state index < -0.39 is 6.10 Å². The summed E-state index contributed by atoms with van der Waals surface area (Å²) in [7, 11) is 3.17. The van der Waals surface area contributed by atoms with E-state index in [2.05, 4.69) is 0 Å². The van der Waals surface area contributed by atoms with Gasteiger partial charge in [-0.05, 0) is 17.7 Å². The lowest BCUT2D eigenvalue weighted by Crippen LogP contribution is -2.06. The van der Waals surface area contributed by atoms with Gasteiger partial charge in [0.2, 0.25) is 5.75 Å². The molecule has 2 rings (SSSR count). The first-order chi connectivity index (χ1) is 10.3. The SMILES string of the molecule is COc1cccc(OC)c1OCCC(O)c1ccccc1. The molecule has 0 amide bonds. The number of ether oxygens (including phenoxy) is 3. The van der Waals surface area contributed by atoms with Crippen molar-refractivity contribution in [2.24, 2.45) is 0 Å². The highest BCUT2D eigenvalue weighted by Gasteiger charge is 2.13. The van der Waals surface area contributed by atoms with E-state index in [4.69, 9.17) is 14.2 Å². The molecule has 0 heterocycles. The molecule has 21 heavy (non-hydrogen) atoms. The summed E-state index contributed by atoms with van der Waals surface area (Å²) in [6.07, 6.45) is -0.0579. The quantitative estimate of drug-likeness (QED) is 0.850. The summed E-state index contributed by atoms with van der Waals surface area (Å²) >= 11 is 0. The Bertz CT molecular complexity index is 532. The second-order valence-corrected chi connectivity index (χ2v) is 4.56. The number of hydrogen-bond donors (Lipinski definition) is 1. The van der Waals surface area contributed by atoms with Crippen LogP contribution >= 0.6 is 0 Å². The van der Waals surface area contributed by atoms with Crippen molar-refractivity contribution in [2.45, 2.75) is 12.5 Å². The zero-order valence-electron chi connectivity index (χ0n) is 12.3. The summed E-state index contributed by atoms with van der Waals surface area (Å²) in [6, 6.07) is 15.0. The van der Waals surface area contributed by atoms with Crippen LogP contribution in [0, 0.1) is 0 Å². The summed E-state index contributed by atoms with van der Waals surface area (Å²) in [5.74, 6) is 1.79. The number of benzene rings is 2. The predicted molar refractivity (Wildman–Crippen MR) is 81.1 cm³/mol. The van der Waals surface area contributed by atoms with Gasteiger partial charge in [-0.3, -0.25) is 0 Å². The molecule has 2 aromatic carbocycles. The second-order valence-electron chi connectivity index (χ2n) is 4.56. The molecular weight excluding hydrogens is 268 g/mol. The molecule has 0 fully saturated rings. The van der Waals surface area contributed by atoms with Gasteiger partial charge in [-0.1, -0.05) is 36.4 Å². The molecule has 1 N–H and O–H groups in total. The minimum absolute atomic E-state index is 0.368. The van der Waals surface area contributed by atoms with Gasteiger partial charge in [0.1, 0.15) is 0 Å². The van der Waals surface area contributed by atoms with E-state index in [1.54, 1.807) is 14.2 Å². The van der Waals surface area contributed by atoms with Crippen molar-refractivity contribution in [3.63, 3.8) is 0 Å². The fourth-order valence-corrected chi connectivity index (χ4v) is 2.07. The zero-order valence-corrected chi connectivity index (χ0v) is 12.3. The molecule has 4 nitrogen and oxygen atoms in total. The van der Waals surface area contributed by atoms with Gasteiger partial charge in [-0.25, -0.2) is 0 Å². The molecule has 1 unspecified atom stereocenters.